The van der Waals surface area contributed by atoms with Gasteiger partial charge in [-0.1, -0.05) is 157 Å². The average Bonchev–Trinajstić information content (AvgIpc) is 1.67. The number of carbonyl (C=O) groups is 18. The molecule has 2 heterocycles. The molecule has 0 aliphatic carbocycles. The van der Waals surface area contributed by atoms with E-state index in [1.807, 2.05) is 30.3 Å². The van der Waals surface area contributed by atoms with Crippen LogP contribution in [-0.2, 0) is 112 Å². The largest absolute Gasteiger partial charge is 0.508 e. The lowest BCUT2D eigenvalue weighted by molar-refractivity contribution is -0.142. The number of fused-ring (bicyclic) bond motifs is 1. The third-order valence-corrected chi connectivity index (χ3v) is 24.0. The lowest BCUT2D eigenvalue weighted by Crippen LogP contribution is -2.62. The number of H-pyrrole nitrogens is 1. The van der Waals surface area contributed by atoms with Crippen LogP contribution in [0.25, 0.3) is 22.0 Å². The molecule has 0 bridgehead atoms. The lowest BCUT2D eigenvalue weighted by atomic mass is 9.98. The number of phenolic OH excluding ortho intramolecular Hbond substituents is 1. The summed E-state index contributed by atoms with van der Waals surface area (Å²) in [4.78, 5) is 265. The molecule has 0 radical (unpaired) electrons. The van der Waals surface area contributed by atoms with Crippen molar-refractivity contribution in [2.24, 2.45) is 40.7 Å². The van der Waals surface area contributed by atoms with E-state index in [4.69, 9.17) is 33.8 Å². The number of phenols is 1. The molecule has 1 saturated heterocycles. The summed E-state index contributed by atoms with van der Waals surface area (Å²) in [5.41, 5.74) is 26.1. The van der Waals surface area contributed by atoms with Gasteiger partial charge in [-0.25, -0.2) is 0 Å². The highest BCUT2D eigenvalue weighted by atomic mass is 32.2. The van der Waals surface area contributed by atoms with E-state index in [9.17, 15) is 68.1 Å². The number of carbonyl (C=O) groups excluding carboxylic acids is 17. The zero-order valence-corrected chi connectivity index (χ0v) is 80.7. The Kier molecular flexibility index (Phi) is 44.3. The van der Waals surface area contributed by atoms with Crippen molar-refractivity contribution in [1.82, 2.24) is 95.0 Å². The molecular weight excluding hydrogens is 1850 g/mol. The van der Waals surface area contributed by atoms with Crippen LogP contribution in [0.1, 0.15) is 123 Å². The van der Waals surface area contributed by atoms with Gasteiger partial charge in [0, 0.05) is 68.7 Å². The van der Waals surface area contributed by atoms with Gasteiger partial charge in [-0.15, -0.1) is 11.8 Å². The molecule has 141 heavy (non-hydrogen) atoms. The van der Waals surface area contributed by atoms with Crippen molar-refractivity contribution in [2.75, 3.05) is 38.2 Å². The summed E-state index contributed by atoms with van der Waals surface area (Å²) in [6.45, 7) is 10.8. The zero-order chi connectivity index (χ0) is 104. The number of aromatic hydroxyl groups is 1. The van der Waals surface area contributed by atoms with Crippen LogP contribution in [0.5, 0.6) is 5.75 Å². The number of likely N-dealkylation sites (N-methyl/N-ethyl adjacent to an activating group) is 1. The summed E-state index contributed by atoms with van der Waals surface area (Å²) in [5, 5.41) is 88.7. The van der Waals surface area contributed by atoms with E-state index in [0.717, 1.165) is 16.0 Å². The Labute approximate surface area is 818 Å². The van der Waals surface area contributed by atoms with Gasteiger partial charge in [0.05, 0.1) is 25.2 Å². The van der Waals surface area contributed by atoms with Gasteiger partial charge in [-0.3, -0.25) is 97.1 Å². The van der Waals surface area contributed by atoms with Crippen LogP contribution in [0.2, 0.25) is 0 Å². The Morgan fingerprint density at radius 2 is 0.872 bits per heavy atom. The number of hydrogen-bond donors (Lipinski definition) is 26. The Hall–Kier alpha value is -15.2. The number of guanidine groups is 2. The van der Waals surface area contributed by atoms with Crippen LogP contribution >= 0.6 is 11.8 Å². The zero-order valence-electron chi connectivity index (χ0n) is 79.8. The monoisotopic (exact) mass is 1970 g/mol. The van der Waals surface area contributed by atoms with E-state index >= 15 is 33.6 Å². The maximum absolute atomic E-state index is 15.5. The summed E-state index contributed by atoms with van der Waals surface area (Å²) < 4.78 is 0. The van der Waals surface area contributed by atoms with Crippen LogP contribution < -0.4 is 108 Å². The molecule has 1 aliphatic heterocycles. The topological polar surface area (TPSA) is 731 Å². The molecule has 1 aromatic heterocycles. The summed E-state index contributed by atoms with van der Waals surface area (Å²) in [6.07, 6.45) is -2.65. The number of primary amides is 2. The van der Waals surface area contributed by atoms with Crippen LogP contribution in [-0.4, -0.2) is 272 Å². The predicted octanol–water partition coefficient (Wildman–Crippen LogP) is -3.08. The molecule has 46 heteroatoms. The number of aromatic nitrogens is 1. The maximum Gasteiger partial charge on any atom is 0.305 e. The number of carboxylic acid groups (broad SMARTS) is 1. The number of nitrogens with two attached hydrogens (primary N) is 4. The lowest BCUT2D eigenvalue weighted by Gasteiger charge is -2.32. The molecule has 15 atom stereocenters. The number of benzene rings is 5. The van der Waals surface area contributed by atoms with Crippen LogP contribution in [0, 0.1) is 28.6 Å². The third-order valence-electron chi connectivity index (χ3n) is 23.0. The highest BCUT2D eigenvalue weighted by Gasteiger charge is 2.41. The summed E-state index contributed by atoms with van der Waals surface area (Å²) in [5.74, 6) is -24.6. The van der Waals surface area contributed by atoms with Gasteiger partial charge < -0.3 is 133 Å². The minimum absolute atomic E-state index is 0.0175. The van der Waals surface area contributed by atoms with Crippen molar-refractivity contribution in [3.8, 4) is 16.9 Å². The van der Waals surface area contributed by atoms with Gasteiger partial charge in [0.15, 0.2) is 11.9 Å². The van der Waals surface area contributed by atoms with Gasteiger partial charge in [0.2, 0.25) is 100 Å². The molecular formula is C95H130N24O21S. The fourth-order valence-electron chi connectivity index (χ4n) is 15.0. The second-order valence-electron chi connectivity index (χ2n) is 35.4. The number of para-hydroxylation sites is 1. The SMILES string of the molecule is CC(C)C[C@@H]1NC(=O)[C@H](CCCNC(=N)N)NC(=O)[C@@H](Cc2ccccc2)NC(=O)[C@H](C)N(C)C(=O)[C@H](CCCNC(=N)N)NC(=O)[C@H](Cc2ccc(-c3ccccc3)cc2)NC(=O)[C@H](C(C)C)NC(=O)[C@H](Cc2c[nH]c3ccccc23)NC(=O)[C@H](CC(=O)O)NC(=O)[C@H](Cc2ccc(O)cc2)NC(=O)[C@H](CC(N)=O)NC(=O)CSC[C@@H](C(=O)N[C@@H](C)C(N)=O)NC(=O)[C@H](CO)NC(=O)[C@H](C(C)C)NC1=O. The Morgan fingerprint density at radius 1 is 0.461 bits per heavy atom. The highest BCUT2D eigenvalue weighted by molar-refractivity contribution is 8.00. The fraction of sp³-hybridized carbons (Fsp3) is 0.453. The maximum atomic E-state index is 15.5. The van der Waals surface area contributed by atoms with Crippen molar-refractivity contribution in [2.45, 2.75) is 217 Å². The molecule has 0 spiro atoms. The van der Waals surface area contributed by atoms with E-state index in [2.05, 4.69) is 90.1 Å². The first-order valence-electron chi connectivity index (χ1n) is 46.0. The summed E-state index contributed by atoms with van der Waals surface area (Å²) >= 11 is 0.602. The first-order chi connectivity index (χ1) is 66.8. The molecule has 7 rings (SSSR count). The molecule has 17 amide bonds. The summed E-state index contributed by atoms with van der Waals surface area (Å²) in [6, 6.07) is 11.0. The standard InChI is InChI=1S/C95H130N24O21S/c1-49(2)38-65-87(134)117-78(51(5)6)92(139)115-72(46-120)89(136)116-73(90(137)105-52(7)79(97)126)47-141-48-75(123)106-70(43-74(96)122)85(132)111-67(41-56-30-34-60(121)35-31-56)84(131)113-71(44-76(124)125)86(133)112-69(42-59-45-104-62-25-17-16-24-61(59)62)88(135)118-77(50(3)4)91(138)114-68(40-55-28-32-58(33-29-55)57-22-14-11-15-23-57)83(130)108-64(27-19-37-103-95(100)101)93(140)119(9)53(8)80(127)109-66(39-54-20-12-10-13-21-54)82(129)107-63(81(128)110-65)26-18-36-102-94(98)99/h10-17,20-25,28-35,45,49-53,63-73,77-78,104,120-121H,18-19,26-27,36-44,46-48H2,1-9H3,(H2,96,122)(H2,97,126)(H,105,137)(H,106,123)(H,107,129)(H,108,130)(H,109,127)(H,110,128)(H,111,132)(H,112,133)(H,113,131)(H,114,138)(H,115,139)(H,116,136)(H,117,134)(H,118,135)(H,124,125)(H4,98,99,102)(H4,100,101,103)/t52-,53-,63-,64-,65-,66+,67-,68-,69-,70-,71-,72-,73-,77-,78-/m0/s1. The number of aliphatic carboxylic acids is 1. The highest BCUT2D eigenvalue weighted by Crippen LogP contribution is 2.24. The van der Waals surface area contributed by atoms with Crippen LogP contribution in [0.3, 0.4) is 0 Å². The molecule has 762 valence electrons. The van der Waals surface area contributed by atoms with E-state index in [1.54, 1.807) is 107 Å². The van der Waals surface area contributed by atoms with Gasteiger partial charge in [0.1, 0.15) is 96.4 Å². The van der Waals surface area contributed by atoms with Crippen LogP contribution in [0.4, 0.5) is 0 Å². The number of nitrogens with one attached hydrogen (secondary N) is 19. The first-order valence-corrected chi connectivity index (χ1v) is 47.1. The van der Waals surface area contributed by atoms with E-state index in [0.29, 0.717) is 39.4 Å². The number of rotatable bonds is 29. The quantitative estimate of drug-likeness (QED) is 0.0126. The van der Waals surface area contributed by atoms with Gasteiger partial charge in [0.25, 0.3) is 0 Å². The number of amides is 17. The molecule has 6 aromatic rings. The Bertz CT molecular complexity index is 5400. The predicted molar refractivity (Wildman–Crippen MR) is 522 cm³/mol. The first kappa shape index (κ1) is 113. The second-order valence-corrected chi connectivity index (χ2v) is 36.4. The van der Waals surface area contributed by atoms with E-state index in [-0.39, 0.29) is 75.3 Å². The number of aromatic amines is 1. The molecule has 30 N–H and O–H groups in total. The van der Waals surface area contributed by atoms with Crippen molar-refractivity contribution in [1.29, 1.82) is 10.8 Å². The Balaban J connectivity index is 1.35. The fourth-order valence-corrected chi connectivity index (χ4v) is 15.9. The van der Waals surface area contributed by atoms with Crippen molar-refractivity contribution in [3.05, 3.63) is 162 Å². The van der Waals surface area contributed by atoms with E-state index < -0.39 is 265 Å². The van der Waals surface area contributed by atoms with Gasteiger partial charge >= 0.3 is 5.97 Å². The minimum atomic E-state index is -2.14. The number of nitrogens with zero attached hydrogens (tertiary/aromatic N) is 1. The number of aliphatic hydroxyl groups excluding tert-OH is 1. The third kappa shape index (κ3) is 36.6. The number of hydrogen-bond acceptors (Lipinski definition) is 23. The van der Waals surface area contributed by atoms with Crippen molar-refractivity contribution in [3.63, 3.8) is 0 Å². The molecule has 0 unspecified atom stereocenters. The Morgan fingerprint density at radius 3 is 1.38 bits per heavy atom. The summed E-state index contributed by atoms with van der Waals surface area (Å²) in [7, 11) is 1.25. The number of carboxylic acids is 1. The molecule has 5 aromatic carbocycles. The minimum Gasteiger partial charge on any atom is -0.508 e. The number of aliphatic hydroxyl groups is 1. The van der Waals surface area contributed by atoms with Gasteiger partial charge in [-0.2, -0.15) is 0 Å². The smallest absolute Gasteiger partial charge is 0.305 e. The van der Waals surface area contributed by atoms with Crippen LogP contribution in [0.15, 0.2) is 140 Å². The number of thioether (sulfide) groups is 1. The molecule has 45 nitrogen and oxygen atoms in total. The van der Waals surface area contributed by atoms with Crippen molar-refractivity contribution >= 4 is 141 Å². The molecule has 1 aliphatic rings. The van der Waals surface area contributed by atoms with Crippen molar-refractivity contribution < 1.29 is 102 Å². The van der Waals surface area contributed by atoms with E-state index in [1.165, 1.54) is 65.2 Å². The van der Waals surface area contributed by atoms with Gasteiger partial charge in [-0.05, 0) is 115 Å². The molecule has 1 fully saturated rings. The average molecular weight is 1980 g/mol. The molecule has 0 saturated carbocycles. The second kappa shape index (κ2) is 55.4. The normalized spacial score (nSPS) is 22.7.